The van der Waals surface area contributed by atoms with Gasteiger partial charge in [0.2, 0.25) is 5.91 Å². The molecule has 0 bridgehead atoms. The molecule has 7 nitrogen and oxygen atoms in total. The number of nitrogens with one attached hydrogen (secondary N) is 1. The Labute approximate surface area is 143 Å². The standard InChI is InChI=1S/C17H28N4O3/c1-3-8-21-13(2)15(11-19-21)17(24)20-9-4-6-14(12-20)16(23)18-7-5-10-22/h11,14,22H,3-10,12H2,1-2H3,(H,18,23). The molecule has 1 fully saturated rings. The second-order valence-corrected chi connectivity index (χ2v) is 6.33. The van der Waals surface area contributed by atoms with Crippen LogP contribution in [0.3, 0.4) is 0 Å². The summed E-state index contributed by atoms with van der Waals surface area (Å²) in [6.07, 6.45) is 4.78. The lowest BCUT2D eigenvalue weighted by molar-refractivity contribution is -0.126. The van der Waals surface area contributed by atoms with Gasteiger partial charge in [-0.3, -0.25) is 14.3 Å². The quantitative estimate of drug-likeness (QED) is 0.726. The second-order valence-electron chi connectivity index (χ2n) is 6.33. The van der Waals surface area contributed by atoms with Crippen molar-refractivity contribution >= 4 is 11.8 Å². The van der Waals surface area contributed by atoms with Gasteiger partial charge in [-0.1, -0.05) is 6.92 Å². The molecule has 2 N–H and O–H groups in total. The Morgan fingerprint density at radius 1 is 1.46 bits per heavy atom. The largest absolute Gasteiger partial charge is 0.396 e. The van der Waals surface area contributed by atoms with Crippen LogP contribution in [-0.2, 0) is 11.3 Å². The molecule has 134 valence electrons. The molecule has 1 aromatic heterocycles. The highest BCUT2D eigenvalue weighted by atomic mass is 16.3. The molecule has 0 saturated carbocycles. The topological polar surface area (TPSA) is 87.5 Å². The third kappa shape index (κ3) is 4.35. The number of nitrogens with zero attached hydrogens (tertiary/aromatic N) is 3. The first-order chi connectivity index (χ1) is 11.6. The fourth-order valence-electron chi connectivity index (χ4n) is 3.07. The minimum absolute atomic E-state index is 0.0284. The van der Waals surface area contributed by atoms with Crippen molar-refractivity contribution in [1.29, 1.82) is 0 Å². The number of hydrogen-bond donors (Lipinski definition) is 2. The third-order valence-electron chi connectivity index (χ3n) is 4.48. The van der Waals surface area contributed by atoms with Crippen molar-refractivity contribution in [3.63, 3.8) is 0 Å². The number of hydrogen-bond acceptors (Lipinski definition) is 4. The first-order valence-corrected chi connectivity index (χ1v) is 8.78. The van der Waals surface area contributed by atoms with E-state index >= 15 is 0 Å². The minimum Gasteiger partial charge on any atom is -0.396 e. The van der Waals surface area contributed by atoms with Crippen LogP contribution >= 0.6 is 0 Å². The second kappa shape index (κ2) is 8.82. The summed E-state index contributed by atoms with van der Waals surface area (Å²) in [5.74, 6) is -0.241. The molecule has 0 spiro atoms. The average molecular weight is 336 g/mol. The molecular formula is C17H28N4O3. The maximum absolute atomic E-state index is 12.8. The number of aliphatic hydroxyl groups excluding tert-OH is 1. The minimum atomic E-state index is -0.174. The normalized spacial score (nSPS) is 17.8. The smallest absolute Gasteiger partial charge is 0.257 e. The van der Waals surface area contributed by atoms with Crippen molar-refractivity contribution < 1.29 is 14.7 Å². The highest BCUT2D eigenvalue weighted by Gasteiger charge is 2.30. The van der Waals surface area contributed by atoms with E-state index in [1.54, 1.807) is 11.1 Å². The van der Waals surface area contributed by atoms with Crippen LogP contribution in [0.4, 0.5) is 0 Å². The molecule has 24 heavy (non-hydrogen) atoms. The fourth-order valence-corrected chi connectivity index (χ4v) is 3.07. The van der Waals surface area contributed by atoms with Crippen molar-refractivity contribution in [2.24, 2.45) is 5.92 Å². The van der Waals surface area contributed by atoms with E-state index in [4.69, 9.17) is 5.11 Å². The zero-order chi connectivity index (χ0) is 17.5. The van der Waals surface area contributed by atoms with E-state index in [1.807, 2.05) is 11.6 Å². The summed E-state index contributed by atoms with van der Waals surface area (Å²) in [6.45, 7) is 6.46. The van der Waals surface area contributed by atoms with Crippen LogP contribution < -0.4 is 5.32 Å². The highest BCUT2D eigenvalue weighted by Crippen LogP contribution is 2.20. The zero-order valence-electron chi connectivity index (χ0n) is 14.6. The zero-order valence-corrected chi connectivity index (χ0v) is 14.6. The van der Waals surface area contributed by atoms with Crippen molar-refractivity contribution in [3.8, 4) is 0 Å². The highest BCUT2D eigenvalue weighted by molar-refractivity contribution is 5.95. The Hall–Kier alpha value is -1.89. The van der Waals surface area contributed by atoms with Crippen molar-refractivity contribution in [2.45, 2.75) is 46.1 Å². The Kier molecular flexibility index (Phi) is 6.78. The van der Waals surface area contributed by atoms with E-state index in [-0.39, 0.29) is 24.3 Å². The molecule has 2 rings (SSSR count). The number of carbonyl (C=O) groups is 2. The van der Waals surface area contributed by atoms with E-state index < -0.39 is 0 Å². The number of amides is 2. The van der Waals surface area contributed by atoms with E-state index in [9.17, 15) is 9.59 Å². The predicted molar refractivity (Wildman–Crippen MR) is 90.6 cm³/mol. The Morgan fingerprint density at radius 3 is 2.96 bits per heavy atom. The summed E-state index contributed by atoms with van der Waals surface area (Å²) in [4.78, 5) is 26.7. The van der Waals surface area contributed by atoms with E-state index in [2.05, 4.69) is 17.3 Å². The van der Waals surface area contributed by atoms with Crippen LogP contribution in [0.1, 0.15) is 48.7 Å². The predicted octanol–water partition coefficient (Wildman–Crippen LogP) is 0.952. The number of aryl methyl sites for hydroxylation is 1. The fraction of sp³-hybridized carbons (Fsp3) is 0.706. The summed E-state index contributed by atoms with van der Waals surface area (Å²) in [5.41, 5.74) is 1.51. The van der Waals surface area contributed by atoms with Gasteiger partial charge in [-0.25, -0.2) is 0 Å². The summed E-state index contributed by atoms with van der Waals surface area (Å²) < 4.78 is 1.86. The summed E-state index contributed by atoms with van der Waals surface area (Å²) in [5, 5.41) is 15.9. The number of aliphatic hydroxyl groups is 1. The molecule has 7 heteroatoms. The average Bonchev–Trinajstić information content (AvgIpc) is 2.95. The summed E-state index contributed by atoms with van der Waals surface area (Å²) >= 11 is 0. The lowest BCUT2D eigenvalue weighted by atomic mass is 9.96. The Bertz CT molecular complexity index is 570. The van der Waals surface area contributed by atoms with Gasteiger partial charge in [0.15, 0.2) is 0 Å². The molecule has 2 heterocycles. The van der Waals surface area contributed by atoms with Crippen LogP contribution in [0.2, 0.25) is 0 Å². The first kappa shape index (κ1) is 18.4. The van der Waals surface area contributed by atoms with Gasteiger partial charge < -0.3 is 15.3 Å². The molecule has 1 aromatic rings. The van der Waals surface area contributed by atoms with Crippen LogP contribution in [0.25, 0.3) is 0 Å². The molecule has 1 atom stereocenters. The van der Waals surface area contributed by atoms with Gasteiger partial charge in [-0.05, 0) is 32.6 Å². The molecule has 1 unspecified atom stereocenters. The van der Waals surface area contributed by atoms with Crippen LogP contribution in [0.15, 0.2) is 6.20 Å². The number of rotatable bonds is 7. The molecule has 1 aliphatic rings. The maximum Gasteiger partial charge on any atom is 0.257 e. The van der Waals surface area contributed by atoms with Gasteiger partial charge in [0, 0.05) is 38.5 Å². The summed E-state index contributed by atoms with van der Waals surface area (Å²) in [7, 11) is 0. The van der Waals surface area contributed by atoms with Gasteiger partial charge >= 0.3 is 0 Å². The van der Waals surface area contributed by atoms with Crippen molar-refractivity contribution in [2.75, 3.05) is 26.2 Å². The molecule has 0 aliphatic carbocycles. The Balaban J connectivity index is 1.98. The lowest BCUT2D eigenvalue weighted by Gasteiger charge is -2.32. The first-order valence-electron chi connectivity index (χ1n) is 8.78. The van der Waals surface area contributed by atoms with Gasteiger partial charge in [0.05, 0.1) is 17.7 Å². The van der Waals surface area contributed by atoms with Gasteiger partial charge in [-0.15, -0.1) is 0 Å². The molecule has 1 aliphatic heterocycles. The van der Waals surface area contributed by atoms with Gasteiger partial charge in [0.25, 0.3) is 5.91 Å². The van der Waals surface area contributed by atoms with Crippen LogP contribution in [0, 0.1) is 12.8 Å². The molecule has 2 amide bonds. The molecular weight excluding hydrogens is 308 g/mol. The van der Waals surface area contributed by atoms with Crippen LogP contribution in [-0.4, -0.2) is 57.8 Å². The third-order valence-corrected chi connectivity index (χ3v) is 4.48. The SMILES string of the molecule is CCCn1ncc(C(=O)N2CCCC(C(=O)NCCCO)C2)c1C. The number of piperidine rings is 1. The van der Waals surface area contributed by atoms with E-state index in [1.165, 1.54) is 0 Å². The maximum atomic E-state index is 12.8. The molecule has 0 radical (unpaired) electrons. The van der Waals surface area contributed by atoms with Crippen molar-refractivity contribution in [1.82, 2.24) is 20.0 Å². The van der Waals surface area contributed by atoms with Crippen molar-refractivity contribution in [3.05, 3.63) is 17.5 Å². The number of aromatic nitrogens is 2. The monoisotopic (exact) mass is 336 g/mol. The number of carbonyl (C=O) groups excluding carboxylic acids is 2. The van der Waals surface area contributed by atoms with E-state index in [0.29, 0.717) is 31.6 Å². The molecule has 1 saturated heterocycles. The van der Waals surface area contributed by atoms with Gasteiger partial charge in [-0.2, -0.15) is 5.10 Å². The van der Waals surface area contributed by atoms with Crippen LogP contribution in [0.5, 0.6) is 0 Å². The lowest BCUT2D eigenvalue weighted by Crippen LogP contribution is -2.45. The summed E-state index contributed by atoms with van der Waals surface area (Å²) in [6, 6.07) is 0. The van der Waals surface area contributed by atoms with E-state index in [0.717, 1.165) is 31.5 Å². The number of likely N-dealkylation sites (tertiary alicyclic amines) is 1. The Morgan fingerprint density at radius 2 is 2.25 bits per heavy atom. The molecule has 0 aromatic carbocycles. The van der Waals surface area contributed by atoms with Gasteiger partial charge in [0.1, 0.15) is 0 Å².